The number of amides is 2. The second-order valence-electron chi connectivity index (χ2n) is 8.70. The van der Waals surface area contributed by atoms with Crippen LogP contribution < -0.4 is 21.7 Å². The summed E-state index contributed by atoms with van der Waals surface area (Å²) in [6.45, 7) is 12.2. The Bertz CT molecular complexity index is 561. The summed E-state index contributed by atoms with van der Waals surface area (Å²) >= 11 is 0. The first-order chi connectivity index (χ1) is 13.5. The summed E-state index contributed by atoms with van der Waals surface area (Å²) in [6.07, 6.45) is 2.94. The zero-order valence-corrected chi connectivity index (χ0v) is 18.9. The number of nitrogens with one attached hydrogen (secondary N) is 3. The molecule has 9 nitrogen and oxygen atoms in total. The maximum Gasteiger partial charge on any atom is 0.408 e. The average Bonchev–Trinajstić information content (AvgIpc) is 2.63. The predicted molar refractivity (Wildman–Crippen MR) is 116 cm³/mol. The number of rotatable bonds is 8. The Morgan fingerprint density at radius 2 is 1.76 bits per heavy atom. The summed E-state index contributed by atoms with van der Waals surface area (Å²) in [5.74, 6) is 0.414. The second kappa shape index (κ2) is 11.2. The van der Waals surface area contributed by atoms with Crippen LogP contribution in [0.2, 0.25) is 0 Å². The molecule has 0 aliphatic carbocycles. The van der Waals surface area contributed by atoms with Gasteiger partial charge in [0.1, 0.15) is 5.60 Å². The third-order valence-corrected chi connectivity index (χ3v) is 5.25. The van der Waals surface area contributed by atoms with E-state index >= 15 is 0 Å². The number of ether oxygens (including phenoxy) is 1. The Morgan fingerprint density at radius 3 is 2.21 bits per heavy atom. The molecular formula is C20H40N6O3. The Morgan fingerprint density at radius 1 is 1.17 bits per heavy atom. The van der Waals surface area contributed by atoms with E-state index in [1.807, 2.05) is 34.6 Å². The average molecular weight is 413 g/mol. The van der Waals surface area contributed by atoms with Crippen molar-refractivity contribution in [2.75, 3.05) is 33.2 Å². The lowest BCUT2D eigenvalue weighted by atomic mass is 9.93. The highest BCUT2D eigenvalue weighted by Gasteiger charge is 2.31. The lowest BCUT2D eigenvalue weighted by Gasteiger charge is -2.36. The summed E-state index contributed by atoms with van der Waals surface area (Å²) in [6, 6.07) is 0.279. The molecule has 1 aliphatic heterocycles. The molecule has 1 fully saturated rings. The van der Waals surface area contributed by atoms with Crippen LogP contribution in [0.25, 0.3) is 0 Å². The lowest BCUT2D eigenvalue weighted by Crippen LogP contribution is -2.58. The number of piperidine rings is 1. The molecule has 1 rings (SSSR count). The molecule has 1 aliphatic rings. The number of nitrogens with two attached hydrogens (primary N) is 1. The fraction of sp³-hybridized carbons (Fsp3) is 0.850. The van der Waals surface area contributed by atoms with Crippen molar-refractivity contribution >= 4 is 18.0 Å². The van der Waals surface area contributed by atoms with Gasteiger partial charge in [-0.15, -0.1) is 0 Å². The van der Waals surface area contributed by atoms with Crippen LogP contribution in [0.1, 0.15) is 60.3 Å². The number of primary amides is 1. The molecule has 0 spiro atoms. The first-order valence-corrected chi connectivity index (χ1v) is 10.5. The van der Waals surface area contributed by atoms with Gasteiger partial charge in [-0.2, -0.15) is 0 Å². The zero-order chi connectivity index (χ0) is 22.1. The summed E-state index contributed by atoms with van der Waals surface area (Å²) in [5.41, 5.74) is 4.31. The predicted octanol–water partition coefficient (Wildman–Crippen LogP) is 1.18. The van der Waals surface area contributed by atoms with E-state index in [4.69, 9.17) is 10.5 Å². The topological polar surface area (TPSA) is 121 Å². The van der Waals surface area contributed by atoms with Gasteiger partial charge in [0.05, 0.1) is 12.1 Å². The van der Waals surface area contributed by atoms with Crippen molar-refractivity contribution in [3.63, 3.8) is 0 Å². The van der Waals surface area contributed by atoms with Gasteiger partial charge >= 0.3 is 6.09 Å². The first-order valence-electron chi connectivity index (χ1n) is 10.5. The summed E-state index contributed by atoms with van der Waals surface area (Å²) in [4.78, 5) is 29.7. The van der Waals surface area contributed by atoms with E-state index in [0.717, 1.165) is 38.8 Å². The van der Waals surface area contributed by atoms with Gasteiger partial charge < -0.3 is 26.4 Å². The molecule has 1 saturated heterocycles. The van der Waals surface area contributed by atoms with Crippen LogP contribution in [0.5, 0.6) is 0 Å². The number of aliphatic imine (C=N–C) groups is 1. The molecule has 168 valence electrons. The summed E-state index contributed by atoms with van der Waals surface area (Å²) in [5, 5.41) is 9.83. The number of carbonyl (C=O) groups is 2. The molecule has 0 saturated carbocycles. The first kappa shape index (κ1) is 25.0. The third-order valence-electron chi connectivity index (χ3n) is 5.25. The van der Waals surface area contributed by atoms with Gasteiger partial charge in [-0.25, -0.2) is 4.79 Å². The van der Waals surface area contributed by atoms with Crippen molar-refractivity contribution in [2.24, 2.45) is 10.7 Å². The Hall–Kier alpha value is -2.03. The molecular weight excluding hydrogens is 372 g/mol. The van der Waals surface area contributed by atoms with Crippen molar-refractivity contribution in [3.05, 3.63) is 0 Å². The monoisotopic (exact) mass is 412 g/mol. The third kappa shape index (κ3) is 9.34. The molecule has 0 aromatic rings. The van der Waals surface area contributed by atoms with Crippen LogP contribution >= 0.6 is 0 Å². The van der Waals surface area contributed by atoms with Crippen LogP contribution in [0.4, 0.5) is 4.79 Å². The molecule has 5 N–H and O–H groups in total. The highest BCUT2D eigenvalue weighted by molar-refractivity contribution is 5.80. The van der Waals surface area contributed by atoms with Gasteiger partial charge in [-0.05, 0) is 46.5 Å². The van der Waals surface area contributed by atoms with Crippen LogP contribution in [-0.4, -0.2) is 73.3 Å². The van der Waals surface area contributed by atoms with E-state index < -0.39 is 17.2 Å². The molecule has 0 atom stereocenters. The SMILES string of the molecule is CCC(CC)(CNC(=NC)NC1CCN(CC(N)=O)CC1)NC(=O)OC(C)(C)C. The van der Waals surface area contributed by atoms with E-state index in [9.17, 15) is 9.59 Å². The van der Waals surface area contributed by atoms with E-state index in [1.54, 1.807) is 7.05 Å². The van der Waals surface area contributed by atoms with Crippen molar-refractivity contribution in [3.8, 4) is 0 Å². The van der Waals surface area contributed by atoms with E-state index in [0.29, 0.717) is 19.0 Å². The minimum absolute atomic E-state index is 0.279. The highest BCUT2D eigenvalue weighted by atomic mass is 16.6. The van der Waals surface area contributed by atoms with Crippen molar-refractivity contribution in [2.45, 2.75) is 77.5 Å². The van der Waals surface area contributed by atoms with Gasteiger partial charge in [-0.3, -0.25) is 14.7 Å². The minimum atomic E-state index is -0.536. The van der Waals surface area contributed by atoms with Gasteiger partial charge in [0.25, 0.3) is 0 Å². The van der Waals surface area contributed by atoms with E-state index in [2.05, 4.69) is 25.8 Å². The summed E-state index contributed by atoms with van der Waals surface area (Å²) in [7, 11) is 1.73. The Balaban J connectivity index is 2.57. The quantitative estimate of drug-likeness (QED) is 0.351. The fourth-order valence-corrected chi connectivity index (χ4v) is 3.34. The number of hydrogen-bond donors (Lipinski definition) is 4. The number of guanidine groups is 1. The Labute approximate surface area is 175 Å². The smallest absolute Gasteiger partial charge is 0.408 e. The number of hydrogen-bond acceptors (Lipinski definition) is 5. The van der Waals surface area contributed by atoms with E-state index in [-0.39, 0.29) is 11.9 Å². The van der Waals surface area contributed by atoms with E-state index in [1.165, 1.54) is 0 Å². The second-order valence-corrected chi connectivity index (χ2v) is 8.70. The highest BCUT2D eigenvalue weighted by Crippen LogP contribution is 2.16. The van der Waals surface area contributed by atoms with Crippen molar-refractivity contribution in [1.82, 2.24) is 20.9 Å². The van der Waals surface area contributed by atoms with Gasteiger partial charge in [0.2, 0.25) is 5.91 Å². The van der Waals surface area contributed by atoms with Crippen molar-refractivity contribution < 1.29 is 14.3 Å². The zero-order valence-electron chi connectivity index (χ0n) is 18.9. The largest absolute Gasteiger partial charge is 0.444 e. The number of carbonyl (C=O) groups excluding carboxylic acids is 2. The molecule has 1 heterocycles. The standard InChI is InChI=1S/C20H40N6O3/c1-7-20(8-2,25-18(28)29-19(3,4)5)14-23-17(22-6)24-15-9-11-26(12-10-15)13-16(21)27/h15H,7-14H2,1-6H3,(H2,21,27)(H,25,28)(H2,22,23,24). The maximum absolute atomic E-state index is 12.3. The Kier molecular flexibility index (Phi) is 9.68. The fourth-order valence-electron chi connectivity index (χ4n) is 3.34. The van der Waals surface area contributed by atoms with Crippen molar-refractivity contribution in [1.29, 1.82) is 0 Å². The minimum Gasteiger partial charge on any atom is -0.444 e. The maximum atomic E-state index is 12.3. The van der Waals surface area contributed by atoms with Crippen LogP contribution in [0.15, 0.2) is 4.99 Å². The molecule has 2 amide bonds. The molecule has 9 heteroatoms. The van der Waals surface area contributed by atoms with Gasteiger partial charge in [-0.1, -0.05) is 13.8 Å². The normalized spacial score (nSPS) is 17.0. The molecule has 29 heavy (non-hydrogen) atoms. The molecule has 0 bridgehead atoms. The van der Waals surface area contributed by atoms with Gasteiger partial charge in [0.15, 0.2) is 5.96 Å². The summed E-state index contributed by atoms with van der Waals surface area (Å²) < 4.78 is 5.43. The van der Waals surface area contributed by atoms with Crippen LogP contribution in [-0.2, 0) is 9.53 Å². The van der Waals surface area contributed by atoms with Crippen LogP contribution in [0.3, 0.4) is 0 Å². The molecule has 0 aromatic carbocycles. The number of nitrogens with zero attached hydrogens (tertiary/aromatic N) is 2. The molecule has 0 radical (unpaired) electrons. The number of likely N-dealkylation sites (tertiary alicyclic amines) is 1. The number of alkyl carbamates (subject to hydrolysis) is 1. The molecule has 0 aromatic heterocycles. The molecule has 0 unspecified atom stereocenters. The van der Waals surface area contributed by atoms with Gasteiger partial charge in [0, 0.05) is 32.7 Å². The lowest BCUT2D eigenvalue weighted by molar-refractivity contribution is -0.119. The van der Waals surface area contributed by atoms with Crippen LogP contribution in [0, 0.1) is 0 Å².